The molecule has 5 heteroatoms. The zero-order chi connectivity index (χ0) is 8.10. The number of nitrogens with zero attached hydrogens (tertiary/aromatic N) is 3. The highest BCUT2D eigenvalue weighted by Gasteiger charge is 1.99. The maximum atomic E-state index is 11.7. The molecule has 1 aromatic heterocycles. The Labute approximate surface area is 64.2 Å². The highest BCUT2D eigenvalue weighted by molar-refractivity contribution is 4.91. The maximum Gasteiger partial charge on any atom is 0.0912 e. The first-order chi connectivity index (χ1) is 5.38. The van der Waals surface area contributed by atoms with Gasteiger partial charge in [-0.2, -0.15) is 0 Å². The van der Waals surface area contributed by atoms with Crippen LogP contribution in [0.1, 0.15) is 12.1 Å². The monoisotopic (exact) mass is 158 g/mol. The molecule has 0 bridgehead atoms. The second kappa shape index (κ2) is 4.02. The normalized spacial score (nSPS) is 10.4. The van der Waals surface area contributed by atoms with Crippen LogP contribution in [0.4, 0.5) is 4.39 Å². The Balaban J connectivity index is 2.54. The van der Waals surface area contributed by atoms with E-state index in [9.17, 15) is 4.39 Å². The molecule has 0 aliphatic rings. The Morgan fingerprint density at radius 3 is 3.09 bits per heavy atom. The molecule has 0 aliphatic carbocycles. The third-order valence-corrected chi connectivity index (χ3v) is 1.41. The molecule has 2 N–H and O–H groups in total. The van der Waals surface area contributed by atoms with Crippen LogP contribution in [-0.2, 0) is 13.1 Å². The van der Waals surface area contributed by atoms with Crippen molar-refractivity contribution in [2.24, 2.45) is 5.73 Å². The molecule has 0 unspecified atom stereocenters. The zero-order valence-electron chi connectivity index (χ0n) is 6.20. The summed E-state index contributed by atoms with van der Waals surface area (Å²) in [6.45, 7) is 0.631. The van der Waals surface area contributed by atoms with Gasteiger partial charge in [0.25, 0.3) is 0 Å². The standard InChI is InChI=1S/C6H11FN4/c7-2-1-3-11-6(4-8)5-9-10-11/h5H,1-4,8H2. The van der Waals surface area contributed by atoms with Crippen LogP contribution in [0, 0.1) is 0 Å². The largest absolute Gasteiger partial charge is 0.325 e. The summed E-state index contributed by atoms with van der Waals surface area (Å²) >= 11 is 0. The topological polar surface area (TPSA) is 56.7 Å². The minimum atomic E-state index is -0.329. The van der Waals surface area contributed by atoms with E-state index in [0.717, 1.165) is 5.69 Å². The van der Waals surface area contributed by atoms with E-state index in [4.69, 9.17) is 5.73 Å². The van der Waals surface area contributed by atoms with Gasteiger partial charge in [-0.15, -0.1) is 5.10 Å². The maximum absolute atomic E-state index is 11.7. The van der Waals surface area contributed by atoms with Crippen LogP contribution in [0.15, 0.2) is 6.20 Å². The second-order valence-electron chi connectivity index (χ2n) is 2.20. The van der Waals surface area contributed by atoms with Crippen molar-refractivity contribution in [3.8, 4) is 0 Å². The number of aryl methyl sites for hydroxylation is 1. The molecule has 0 saturated carbocycles. The molecule has 0 aliphatic heterocycles. The van der Waals surface area contributed by atoms with Crippen molar-refractivity contribution in [1.82, 2.24) is 15.0 Å². The summed E-state index contributed by atoms with van der Waals surface area (Å²) in [5.41, 5.74) is 6.22. The average molecular weight is 158 g/mol. The molecule has 0 saturated heterocycles. The summed E-state index contributed by atoms with van der Waals surface area (Å²) < 4.78 is 13.4. The lowest BCUT2D eigenvalue weighted by atomic mass is 10.4. The van der Waals surface area contributed by atoms with Crippen LogP contribution >= 0.6 is 0 Å². The lowest BCUT2D eigenvalue weighted by Crippen LogP contribution is -2.09. The third kappa shape index (κ3) is 1.98. The predicted octanol–water partition coefficient (Wildman–Crippen LogP) is 0.0964. The molecule has 11 heavy (non-hydrogen) atoms. The molecule has 0 fully saturated rings. The van der Waals surface area contributed by atoms with E-state index in [-0.39, 0.29) is 6.67 Å². The summed E-state index contributed by atoms with van der Waals surface area (Å²) in [5, 5.41) is 7.40. The first kappa shape index (κ1) is 8.13. The second-order valence-corrected chi connectivity index (χ2v) is 2.20. The van der Waals surface area contributed by atoms with Crippen molar-refractivity contribution in [2.45, 2.75) is 19.5 Å². The van der Waals surface area contributed by atoms with Gasteiger partial charge >= 0.3 is 0 Å². The van der Waals surface area contributed by atoms with Crippen molar-refractivity contribution >= 4 is 0 Å². The third-order valence-electron chi connectivity index (χ3n) is 1.41. The van der Waals surface area contributed by atoms with Gasteiger partial charge in [-0.1, -0.05) is 5.21 Å². The summed E-state index contributed by atoms with van der Waals surface area (Å²) in [4.78, 5) is 0. The van der Waals surface area contributed by atoms with Gasteiger partial charge in [0.15, 0.2) is 0 Å². The molecule has 1 aromatic rings. The van der Waals surface area contributed by atoms with Crippen LogP contribution in [0.2, 0.25) is 0 Å². The van der Waals surface area contributed by atoms with E-state index in [1.807, 2.05) is 0 Å². The highest BCUT2D eigenvalue weighted by atomic mass is 19.1. The Bertz CT molecular complexity index is 210. The number of hydrogen-bond donors (Lipinski definition) is 1. The van der Waals surface area contributed by atoms with Gasteiger partial charge in [0, 0.05) is 13.1 Å². The molecule has 1 rings (SSSR count). The Morgan fingerprint density at radius 2 is 2.45 bits per heavy atom. The number of rotatable bonds is 4. The Kier molecular flexibility index (Phi) is 2.97. The Hall–Kier alpha value is -0.970. The average Bonchev–Trinajstić information content (AvgIpc) is 2.47. The van der Waals surface area contributed by atoms with Crippen LogP contribution in [-0.4, -0.2) is 21.7 Å². The minimum Gasteiger partial charge on any atom is -0.325 e. The quantitative estimate of drug-likeness (QED) is 0.676. The molecule has 0 aromatic carbocycles. The van der Waals surface area contributed by atoms with E-state index in [0.29, 0.717) is 19.5 Å². The lowest BCUT2D eigenvalue weighted by molar-refractivity contribution is 0.426. The van der Waals surface area contributed by atoms with E-state index in [1.54, 1.807) is 10.9 Å². The van der Waals surface area contributed by atoms with E-state index in [2.05, 4.69) is 10.3 Å². The molecule has 0 radical (unpaired) electrons. The molecule has 62 valence electrons. The van der Waals surface area contributed by atoms with Gasteiger partial charge in [0.05, 0.1) is 18.6 Å². The predicted molar refractivity (Wildman–Crippen MR) is 38.5 cm³/mol. The van der Waals surface area contributed by atoms with Crippen molar-refractivity contribution in [3.05, 3.63) is 11.9 Å². The first-order valence-electron chi connectivity index (χ1n) is 3.52. The molecule has 1 heterocycles. The van der Waals surface area contributed by atoms with Gasteiger partial charge in [-0.25, -0.2) is 4.68 Å². The van der Waals surface area contributed by atoms with Gasteiger partial charge in [0.1, 0.15) is 0 Å². The lowest BCUT2D eigenvalue weighted by Gasteiger charge is -2.00. The van der Waals surface area contributed by atoms with Crippen molar-refractivity contribution in [1.29, 1.82) is 0 Å². The summed E-state index contributed by atoms with van der Waals surface area (Å²) in [5.74, 6) is 0. The van der Waals surface area contributed by atoms with Crippen LogP contribution in [0.5, 0.6) is 0 Å². The number of alkyl halides is 1. The fourth-order valence-corrected chi connectivity index (χ4v) is 0.835. The number of halogens is 1. The number of aromatic nitrogens is 3. The minimum absolute atomic E-state index is 0.329. The molecule has 0 atom stereocenters. The molecule has 0 spiro atoms. The van der Waals surface area contributed by atoms with Gasteiger partial charge in [-0.3, -0.25) is 4.39 Å². The van der Waals surface area contributed by atoms with Gasteiger partial charge < -0.3 is 5.73 Å². The van der Waals surface area contributed by atoms with Crippen LogP contribution in [0.3, 0.4) is 0 Å². The van der Waals surface area contributed by atoms with Gasteiger partial charge in [-0.05, 0) is 6.42 Å². The summed E-state index contributed by atoms with van der Waals surface area (Å²) in [6.07, 6.45) is 2.06. The van der Waals surface area contributed by atoms with Crippen molar-refractivity contribution < 1.29 is 4.39 Å². The fourth-order valence-electron chi connectivity index (χ4n) is 0.835. The Morgan fingerprint density at radius 1 is 1.64 bits per heavy atom. The number of hydrogen-bond acceptors (Lipinski definition) is 3. The molecule has 4 nitrogen and oxygen atoms in total. The smallest absolute Gasteiger partial charge is 0.0912 e. The summed E-state index contributed by atoms with van der Waals surface area (Å²) in [6, 6.07) is 0. The fraction of sp³-hybridized carbons (Fsp3) is 0.667. The van der Waals surface area contributed by atoms with Crippen molar-refractivity contribution in [3.63, 3.8) is 0 Å². The molecular weight excluding hydrogens is 147 g/mol. The number of nitrogens with two attached hydrogens (primary N) is 1. The zero-order valence-corrected chi connectivity index (χ0v) is 6.20. The SMILES string of the molecule is NCc1cnnn1CCCF. The van der Waals surface area contributed by atoms with E-state index < -0.39 is 0 Å². The van der Waals surface area contributed by atoms with E-state index in [1.165, 1.54) is 0 Å². The molecule has 0 amide bonds. The summed E-state index contributed by atoms with van der Waals surface area (Å²) in [7, 11) is 0. The van der Waals surface area contributed by atoms with Crippen LogP contribution < -0.4 is 5.73 Å². The first-order valence-corrected chi connectivity index (χ1v) is 3.52. The van der Waals surface area contributed by atoms with E-state index >= 15 is 0 Å². The van der Waals surface area contributed by atoms with Crippen molar-refractivity contribution in [2.75, 3.05) is 6.67 Å². The van der Waals surface area contributed by atoms with Crippen LogP contribution in [0.25, 0.3) is 0 Å². The molecular formula is C6H11FN4. The highest BCUT2D eigenvalue weighted by Crippen LogP contribution is 1.96. The van der Waals surface area contributed by atoms with Gasteiger partial charge in [0.2, 0.25) is 0 Å².